The van der Waals surface area contributed by atoms with E-state index in [1.165, 1.54) is 12.1 Å². The van der Waals surface area contributed by atoms with Gasteiger partial charge in [-0.05, 0) is 45.0 Å². The molecule has 0 aliphatic carbocycles. The summed E-state index contributed by atoms with van der Waals surface area (Å²) in [6.45, 7) is 3.25. The van der Waals surface area contributed by atoms with Gasteiger partial charge < -0.3 is 10.2 Å². The van der Waals surface area contributed by atoms with Gasteiger partial charge in [0.15, 0.2) is 0 Å². The van der Waals surface area contributed by atoms with Gasteiger partial charge >= 0.3 is 0 Å². The van der Waals surface area contributed by atoms with Crippen LogP contribution < -0.4 is 5.32 Å². The second kappa shape index (κ2) is 5.36. The molecule has 1 heterocycles. The number of hydrogen-bond acceptors (Lipinski definition) is 3. The first-order valence-corrected chi connectivity index (χ1v) is 6.26. The van der Waals surface area contributed by atoms with Crippen molar-refractivity contribution in [3.63, 3.8) is 0 Å². The minimum atomic E-state index is -0.455. The number of nitriles is 1. The van der Waals surface area contributed by atoms with Crippen molar-refractivity contribution >= 4 is 5.69 Å². The lowest BCUT2D eigenvalue weighted by atomic mass is 9.98. The van der Waals surface area contributed by atoms with E-state index in [1.54, 1.807) is 6.07 Å². The van der Waals surface area contributed by atoms with Crippen molar-refractivity contribution < 1.29 is 4.39 Å². The van der Waals surface area contributed by atoms with Crippen LogP contribution in [0, 0.1) is 17.1 Å². The van der Waals surface area contributed by atoms with Crippen LogP contribution in [0.4, 0.5) is 10.1 Å². The molecule has 1 aliphatic heterocycles. The number of anilines is 1. The quantitative estimate of drug-likeness (QED) is 0.873. The van der Waals surface area contributed by atoms with Gasteiger partial charge in [0.1, 0.15) is 11.9 Å². The van der Waals surface area contributed by atoms with E-state index in [2.05, 4.69) is 24.2 Å². The van der Waals surface area contributed by atoms with Gasteiger partial charge in [-0.25, -0.2) is 4.39 Å². The number of likely N-dealkylation sites (tertiary alicyclic amines) is 1. The van der Waals surface area contributed by atoms with Gasteiger partial charge in [-0.2, -0.15) is 5.26 Å². The molecular weight excluding hydrogens is 229 g/mol. The lowest BCUT2D eigenvalue weighted by molar-refractivity contribution is 0.190. The molecular formula is C14H18FN3. The van der Waals surface area contributed by atoms with E-state index in [1.807, 2.05) is 6.07 Å². The average Bonchev–Trinajstić information content (AvgIpc) is 2.34. The number of nitrogens with one attached hydrogen (secondary N) is 1. The summed E-state index contributed by atoms with van der Waals surface area (Å²) in [6.07, 6.45) is 2.11. The molecule has 0 aromatic heterocycles. The highest BCUT2D eigenvalue weighted by molar-refractivity contribution is 5.48. The molecule has 96 valence electrons. The molecule has 1 aromatic carbocycles. The lowest BCUT2D eigenvalue weighted by Gasteiger charge is -2.35. The van der Waals surface area contributed by atoms with E-state index in [0.717, 1.165) is 25.1 Å². The van der Waals surface area contributed by atoms with Crippen LogP contribution >= 0.6 is 0 Å². The zero-order chi connectivity index (χ0) is 13.1. The Morgan fingerprint density at radius 3 is 2.89 bits per heavy atom. The maximum atomic E-state index is 13.5. The largest absolute Gasteiger partial charge is 0.382 e. The Balaban J connectivity index is 2.02. The Bertz CT molecular complexity index is 467. The van der Waals surface area contributed by atoms with Gasteiger partial charge in [-0.1, -0.05) is 0 Å². The fraction of sp³-hybridized carbons (Fsp3) is 0.500. The fourth-order valence-electron chi connectivity index (χ4n) is 2.35. The molecule has 0 spiro atoms. The van der Waals surface area contributed by atoms with Crippen LogP contribution in [0.15, 0.2) is 18.2 Å². The van der Waals surface area contributed by atoms with Crippen molar-refractivity contribution in [3.05, 3.63) is 29.6 Å². The summed E-state index contributed by atoms with van der Waals surface area (Å²) in [5.41, 5.74) is 0.852. The van der Waals surface area contributed by atoms with E-state index >= 15 is 0 Å². The second-order valence-electron chi connectivity index (χ2n) is 5.00. The normalized spacial score (nSPS) is 24.6. The molecule has 0 saturated carbocycles. The van der Waals surface area contributed by atoms with Gasteiger partial charge in [0.2, 0.25) is 0 Å². The predicted molar refractivity (Wildman–Crippen MR) is 69.9 cm³/mol. The van der Waals surface area contributed by atoms with Crippen molar-refractivity contribution in [3.8, 4) is 6.07 Å². The van der Waals surface area contributed by atoms with Crippen LogP contribution in [0.25, 0.3) is 0 Å². The second-order valence-corrected chi connectivity index (χ2v) is 5.00. The van der Waals surface area contributed by atoms with Crippen molar-refractivity contribution in [2.75, 3.05) is 18.9 Å². The molecule has 18 heavy (non-hydrogen) atoms. The maximum absolute atomic E-state index is 13.5. The Labute approximate surface area is 107 Å². The minimum absolute atomic E-state index is 0.0947. The Hall–Kier alpha value is -1.60. The summed E-state index contributed by atoms with van der Waals surface area (Å²) in [4.78, 5) is 2.33. The van der Waals surface area contributed by atoms with Gasteiger partial charge in [-0.15, -0.1) is 0 Å². The monoisotopic (exact) mass is 247 g/mol. The van der Waals surface area contributed by atoms with Crippen LogP contribution in [0.5, 0.6) is 0 Å². The van der Waals surface area contributed by atoms with Crippen molar-refractivity contribution in [1.82, 2.24) is 4.90 Å². The summed E-state index contributed by atoms with van der Waals surface area (Å²) in [7, 11) is 2.13. The van der Waals surface area contributed by atoms with Crippen LogP contribution in [-0.4, -0.2) is 30.6 Å². The lowest BCUT2D eigenvalue weighted by Crippen LogP contribution is -2.42. The van der Waals surface area contributed by atoms with E-state index in [-0.39, 0.29) is 5.56 Å². The maximum Gasteiger partial charge on any atom is 0.143 e. The molecule has 3 nitrogen and oxygen atoms in total. The molecule has 4 heteroatoms. The molecule has 1 aromatic rings. The molecule has 1 fully saturated rings. The first-order chi connectivity index (χ1) is 8.60. The number of halogens is 1. The van der Waals surface area contributed by atoms with E-state index in [0.29, 0.717) is 12.1 Å². The summed E-state index contributed by atoms with van der Waals surface area (Å²) in [5, 5.41) is 12.0. The number of piperidine rings is 1. The molecule has 1 aliphatic rings. The van der Waals surface area contributed by atoms with Crippen LogP contribution in [0.2, 0.25) is 0 Å². The fourth-order valence-corrected chi connectivity index (χ4v) is 2.35. The Morgan fingerprint density at radius 2 is 2.28 bits per heavy atom. The van der Waals surface area contributed by atoms with Crippen molar-refractivity contribution in [1.29, 1.82) is 5.26 Å². The molecule has 0 bridgehead atoms. The summed E-state index contributed by atoms with van der Waals surface area (Å²) in [5.74, 6) is -0.455. The van der Waals surface area contributed by atoms with Crippen LogP contribution in [0.1, 0.15) is 25.3 Å². The van der Waals surface area contributed by atoms with Gasteiger partial charge in [0, 0.05) is 24.3 Å². The summed E-state index contributed by atoms with van der Waals surface area (Å²) >= 11 is 0. The highest BCUT2D eigenvalue weighted by Crippen LogP contribution is 2.21. The summed E-state index contributed by atoms with van der Waals surface area (Å²) < 4.78 is 13.5. The number of nitrogens with zero attached hydrogens (tertiary/aromatic N) is 2. The number of rotatable bonds is 2. The van der Waals surface area contributed by atoms with Crippen molar-refractivity contribution in [2.45, 2.75) is 31.8 Å². The van der Waals surface area contributed by atoms with E-state index in [4.69, 9.17) is 5.26 Å². The van der Waals surface area contributed by atoms with Gasteiger partial charge in [0.05, 0.1) is 5.56 Å². The van der Waals surface area contributed by atoms with E-state index in [9.17, 15) is 4.39 Å². The standard InChI is InChI=1S/C14H18FN3/c1-10-7-13(5-6-18(10)2)17-12-4-3-11(9-16)14(15)8-12/h3-4,8,10,13,17H,5-7H2,1-2H3. The van der Waals surface area contributed by atoms with Gasteiger partial charge in [0.25, 0.3) is 0 Å². The van der Waals surface area contributed by atoms with Crippen LogP contribution in [0.3, 0.4) is 0 Å². The van der Waals surface area contributed by atoms with E-state index < -0.39 is 5.82 Å². The third kappa shape index (κ3) is 2.80. The van der Waals surface area contributed by atoms with Crippen LogP contribution in [-0.2, 0) is 0 Å². The highest BCUT2D eigenvalue weighted by Gasteiger charge is 2.22. The molecule has 2 rings (SSSR count). The molecule has 1 saturated heterocycles. The number of hydrogen-bond donors (Lipinski definition) is 1. The smallest absolute Gasteiger partial charge is 0.143 e. The Kier molecular flexibility index (Phi) is 3.83. The first kappa shape index (κ1) is 12.8. The molecule has 0 amide bonds. The molecule has 0 radical (unpaired) electrons. The minimum Gasteiger partial charge on any atom is -0.382 e. The third-order valence-corrected chi connectivity index (χ3v) is 3.67. The number of benzene rings is 1. The first-order valence-electron chi connectivity index (χ1n) is 6.26. The highest BCUT2D eigenvalue weighted by atomic mass is 19.1. The van der Waals surface area contributed by atoms with Gasteiger partial charge in [-0.3, -0.25) is 0 Å². The Morgan fingerprint density at radius 1 is 1.50 bits per heavy atom. The van der Waals surface area contributed by atoms with Crippen molar-refractivity contribution in [2.24, 2.45) is 0 Å². The third-order valence-electron chi connectivity index (χ3n) is 3.67. The zero-order valence-corrected chi connectivity index (χ0v) is 10.8. The zero-order valence-electron chi connectivity index (χ0n) is 10.8. The summed E-state index contributed by atoms with van der Waals surface area (Å²) in [6, 6.07) is 7.45. The topological polar surface area (TPSA) is 39.1 Å². The predicted octanol–water partition coefficient (Wildman–Crippen LogP) is 2.59. The average molecular weight is 247 g/mol. The SMILES string of the molecule is CC1CC(Nc2ccc(C#N)c(F)c2)CCN1C. The molecule has 2 atom stereocenters. The molecule has 1 N–H and O–H groups in total. The molecule has 2 unspecified atom stereocenters.